The van der Waals surface area contributed by atoms with E-state index < -0.39 is 0 Å². The van der Waals surface area contributed by atoms with Gasteiger partial charge < -0.3 is 15.0 Å². The van der Waals surface area contributed by atoms with Gasteiger partial charge in [-0.05, 0) is 36.1 Å². The van der Waals surface area contributed by atoms with E-state index >= 15 is 0 Å². The molecule has 0 saturated carbocycles. The Labute approximate surface area is 109 Å². The molecule has 1 N–H and O–H groups in total. The second-order valence-corrected chi connectivity index (χ2v) is 4.74. The monoisotopic (exact) mass is 305 g/mol. The average molecular weight is 306 g/mol. The van der Waals surface area contributed by atoms with E-state index in [0.717, 1.165) is 6.54 Å². The topological polar surface area (TPSA) is 37.4 Å². The number of rotatable bonds is 7. The third kappa shape index (κ3) is 5.95. The molecule has 0 spiro atoms. The fraction of sp³-hybridized carbons (Fsp3) is 0.545. The highest BCUT2D eigenvalue weighted by atomic mass is 79.9. The summed E-state index contributed by atoms with van der Waals surface area (Å²) < 4.78 is 19.3. The summed E-state index contributed by atoms with van der Waals surface area (Å²) in [6.45, 7) is 2.62. The molecule has 1 aromatic heterocycles. The van der Waals surface area contributed by atoms with Crippen molar-refractivity contribution in [1.29, 1.82) is 0 Å². The summed E-state index contributed by atoms with van der Waals surface area (Å²) >= 11 is 3.15. The lowest BCUT2D eigenvalue weighted by Crippen LogP contribution is -2.20. The van der Waals surface area contributed by atoms with Crippen molar-refractivity contribution in [3.63, 3.8) is 0 Å². The van der Waals surface area contributed by atoms with Gasteiger partial charge in [-0.1, -0.05) is 0 Å². The van der Waals surface area contributed by atoms with Crippen molar-refractivity contribution in [3.8, 4) is 0 Å². The Morgan fingerprint density at radius 3 is 2.88 bits per heavy atom. The molecule has 0 aromatic carbocycles. The number of hydrogen-bond donors (Lipinski definition) is 1. The van der Waals surface area contributed by atoms with Gasteiger partial charge in [0.15, 0.2) is 11.6 Å². The van der Waals surface area contributed by atoms with Crippen LogP contribution in [0.3, 0.4) is 0 Å². The number of ether oxygens (including phenoxy) is 1. The summed E-state index contributed by atoms with van der Waals surface area (Å²) in [5.41, 5.74) is 0. The third-order valence-corrected chi connectivity index (χ3v) is 2.46. The van der Waals surface area contributed by atoms with Crippen molar-refractivity contribution < 1.29 is 9.13 Å². The second-order valence-electron chi connectivity index (χ2n) is 3.83. The zero-order valence-electron chi connectivity index (χ0n) is 10.0. The first-order valence-electron chi connectivity index (χ1n) is 5.37. The largest absolute Gasteiger partial charge is 0.378 e. The summed E-state index contributed by atoms with van der Waals surface area (Å²) in [7, 11) is 3.98. The number of anilines is 1. The van der Waals surface area contributed by atoms with Crippen LogP contribution in [0.2, 0.25) is 0 Å². The van der Waals surface area contributed by atoms with Gasteiger partial charge in [-0.2, -0.15) is 0 Å². The van der Waals surface area contributed by atoms with Gasteiger partial charge in [-0.25, -0.2) is 9.37 Å². The SMILES string of the molecule is CN(C)CCOCCNc1ncc(Br)cc1F. The van der Waals surface area contributed by atoms with E-state index in [1.807, 2.05) is 19.0 Å². The predicted octanol–water partition coefficient (Wildman–Crippen LogP) is 1.97. The molecule has 0 aliphatic heterocycles. The molecule has 0 fully saturated rings. The van der Waals surface area contributed by atoms with Gasteiger partial charge >= 0.3 is 0 Å². The molecule has 0 amide bonds. The fourth-order valence-electron chi connectivity index (χ4n) is 1.14. The molecule has 0 saturated heterocycles. The Morgan fingerprint density at radius 1 is 1.47 bits per heavy atom. The average Bonchev–Trinajstić information content (AvgIpc) is 2.25. The zero-order chi connectivity index (χ0) is 12.7. The van der Waals surface area contributed by atoms with Crippen LogP contribution in [0, 0.1) is 5.82 Å². The highest BCUT2D eigenvalue weighted by Gasteiger charge is 2.02. The number of hydrogen-bond acceptors (Lipinski definition) is 4. The van der Waals surface area contributed by atoms with Crippen LogP contribution in [0.4, 0.5) is 10.2 Å². The normalized spacial score (nSPS) is 10.9. The van der Waals surface area contributed by atoms with E-state index in [4.69, 9.17) is 4.74 Å². The molecule has 0 aliphatic rings. The molecule has 0 aliphatic carbocycles. The minimum absolute atomic E-state index is 0.254. The Hall–Kier alpha value is -0.720. The van der Waals surface area contributed by atoms with Crippen LogP contribution in [0.15, 0.2) is 16.7 Å². The van der Waals surface area contributed by atoms with Crippen molar-refractivity contribution in [1.82, 2.24) is 9.88 Å². The molecule has 0 bridgehead atoms. The van der Waals surface area contributed by atoms with Gasteiger partial charge in [0, 0.05) is 23.8 Å². The van der Waals surface area contributed by atoms with Crippen LogP contribution >= 0.6 is 15.9 Å². The van der Waals surface area contributed by atoms with Crippen LogP contribution in [0.1, 0.15) is 0 Å². The number of nitrogens with one attached hydrogen (secondary N) is 1. The van der Waals surface area contributed by atoms with E-state index in [2.05, 4.69) is 26.2 Å². The van der Waals surface area contributed by atoms with Crippen LogP contribution in [0.25, 0.3) is 0 Å². The van der Waals surface area contributed by atoms with Crippen molar-refractivity contribution in [2.24, 2.45) is 0 Å². The van der Waals surface area contributed by atoms with E-state index in [9.17, 15) is 4.39 Å². The van der Waals surface area contributed by atoms with E-state index in [0.29, 0.717) is 24.2 Å². The molecule has 0 atom stereocenters. The molecule has 6 heteroatoms. The molecule has 17 heavy (non-hydrogen) atoms. The van der Waals surface area contributed by atoms with Gasteiger partial charge in [-0.15, -0.1) is 0 Å². The smallest absolute Gasteiger partial charge is 0.166 e. The molecule has 1 heterocycles. The molecule has 0 unspecified atom stereocenters. The van der Waals surface area contributed by atoms with Crippen molar-refractivity contribution >= 4 is 21.7 Å². The third-order valence-electron chi connectivity index (χ3n) is 2.03. The molecule has 0 radical (unpaired) electrons. The highest BCUT2D eigenvalue weighted by molar-refractivity contribution is 9.10. The van der Waals surface area contributed by atoms with Crippen molar-refractivity contribution in [3.05, 3.63) is 22.6 Å². The number of pyridine rings is 1. The molecule has 96 valence electrons. The van der Waals surface area contributed by atoms with Crippen molar-refractivity contribution in [2.45, 2.75) is 0 Å². The maximum atomic E-state index is 13.3. The van der Waals surface area contributed by atoms with Gasteiger partial charge in [0.25, 0.3) is 0 Å². The first-order valence-corrected chi connectivity index (χ1v) is 6.16. The number of aromatic nitrogens is 1. The standard InChI is InChI=1S/C11H17BrFN3O/c1-16(2)4-6-17-5-3-14-11-10(13)7-9(12)8-15-11/h7-8H,3-6H2,1-2H3,(H,14,15). The van der Waals surface area contributed by atoms with Crippen LogP contribution in [0.5, 0.6) is 0 Å². The van der Waals surface area contributed by atoms with Crippen LogP contribution < -0.4 is 5.32 Å². The number of likely N-dealkylation sites (N-methyl/N-ethyl adjacent to an activating group) is 1. The van der Waals surface area contributed by atoms with Crippen molar-refractivity contribution in [2.75, 3.05) is 45.7 Å². The maximum Gasteiger partial charge on any atom is 0.166 e. The lowest BCUT2D eigenvalue weighted by Gasteiger charge is -2.10. The van der Waals surface area contributed by atoms with E-state index in [1.54, 1.807) is 6.20 Å². The van der Waals surface area contributed by atoms with Gasteiger partial charge in [-0.3, -0.25) is 0 Å². The quantitative estimate of drug-likeness (QED) is 0.782. The minimum atomic E-state index is -0.368. The molecular formula is C11H17BrFN3O. The lowest BCUT2D eigenvalue weighted by molar-refractivity contribution is 0.126. The fourth-order valence-corrected chi connectivity index (χ4v) is 1.44. The van der Waals surface area contributed by atoms with Gasteiger partial charge in [0.2, 0.25) is 0 Å². The van der Waals surface area contributed by atoms with Gasteiger partial charge in [0.1, 0.15) is 0 Å². The Kier molecular flexibility index (Phi) is 6.39. The predicted molar refractivity (Wildman–Crippen MR) is 69.8 cm³/mol. The Bertz CT molecular complexity index is 349. The summed E-state index contributed by atoms with van der Waals surface area (Å²) in [4.78, 5) is 5.97. The molecular weight excluding hydrogens is 289 g/mol. The zero-order valence-corrected chi connectivity index (χ0v) is 11.6. The summed E-state index contributed by atoms with van der Waals surface area (Å²) in [5, 5.41) is 2.88. The second kappa shape index (κ2) is 7.58. The first-order chi connectivity index (χ1) is 8.09. The highest BCUT2D eigenvalue weighted by Crippen LogP contribution is 2.15. The van der Waals surface area contributed by atoms with E-state index in [1.165, 1.54) is 6.07 Å². The maximum absolute atomic E-state index is 13.3. The Morgan fingerprint density at radius 2 is 2.24 bits per heavy atom. The summed E-state index contributed by atoms with van der Waals surface area (Å²) in [6, 6.07) is 1.38. The molecule has 1 rings (SSSR count). The van der Waals surface area contributed by atoms with Crippen LogP contribution in [-0.2, 0) is 4.74 Å². The van der Waals surface area contributed by atoms with E-state index in [-0.39, 0.29) is 11.6 Å². The number of nitrogens with zero attached hydrogens (tertiary/aromatic N) is 2. The molecule has 4 nitrogen and oxygen atoms in total. The summed E-state index contributed by atoms with van der Waals surface area (Å²) in [5.74, 6) is -0.114. The van der Waals surface area contributed by atoms with Gasteiger partial charge in [0.05, 0.1) is 13.2 Å². The first kappa shape index (κ1) is 14.3. The number of halogens is 2. The molecule has 1 aromatic rings. The summed E-state index contributed by atoms with van der Waals surface area (Å²) in [6.07, 6.45) is 1.55. The van der Waals surface area contributed by atoms with Crippen LogP contribution in [-0.4, -0.2) is 50.3 Å². The minimum Gasteiger partial charge on any atom is -0.378 e. The lowest BCUT2D eigenvalue weighted by atomic mass is 10.4. The Balaban J connectivity index is 2.18.